The fourth-order valence-corrected chi connectivity index (χ4v) is 4.21. The van der Waals surface area contributed by atoms with Gasteiger partial charge in [0.15, 0.2) is 0 Å². The summed E-state index contributed by atoms with van der Waals surface area (Å²) in [5, 5.41) is 0.880. The highest BCUT2D eigenvalue weighted by molar-refractivity contribution is 5.99. The van der Waals surface area contributed by atoms with E-state index < -0.39 is 5.91 Å². The minimum Gasteiger partial charge on any atom is -0.494 e. The van der Waals surface area contributed by atoms with Gasteiger partial charge in [0.25, 0.3) is 0 Å². The van der Waals surface area contributed by atoms with Gasteiger partial charge in [0.1, 0.15) is 11.4 Å². The molecule has 0 spiro atoms. The van der Waals surface area contributed by atoms with Crippen LogP contribution in [0, 0.1) is 5.92 Å². The van der Waals surface area contributed by atoms with E-state index in [1.54, 1.807) is 0 Å². The molecule has 30 heavy (non-hydrogen) atoms. The van der Waals surface area contributed by atoms with Gasteiger partial charge >= 0.3 is 5.97 Å². The molecule has 7 heteroatoms. The summed E-state index contributed by atoms with van der Waals surface area (Å²) in [5.41, 5.74) is 7.37. The van der Waals surface area contributed by atoms with Crippen molar-refractivity contribution < 1.29 is 19.1 Å². The highest BCUT2D eigenvalue weighted by atomic mass is 16.5. The molecule has 2 heterocycles. The Morgan fingerprint density at radius 3 is 2.80 bits per heavy atom. The average molecular weight is 414 g/mol. The lowest BCUT2D eigenvalue weighted by Gasteiger charge is -2.19. The number of carbonyl (C=O) groups excluding carboxylic acids is 2. The number of hydrogen-bond acceptors (Lipinski definition) is 5. The quantitative estimate of drug-likeness (QED) is 0.584. The van der Waals surface area contributed by atoms with Gasteiger partial charge in [-0.3, -0.25) is 4.79 Å². The van der Waals surface area contributed by atoms with E-state index in [-0.39, 0.29) is 12.4 Å². The fourth-order valence-electron chi connectivity index (χ4n) is 4.21. The zero-order valence-corrected chi connectivity index (χ0v) is 17.6. The van der Waals surface area contributed by atoms with Crippen molar-refractivity contribution in [2.75, 3.05) is 26.8 Å². The van der Waals surface area contributed by atoms with Crippen LogP contribution >= 0.6 is 0 Å². The normalized spacial score (nSPS) is 19.3. The molecule has 1 aromatic carbocycles. The standard InChI is InChI=1S/C23H31N3O4/c1-26-11-2-3-16(26)10-12-29-17-6-8-20-19(13-17)18(7-9-21(24)27)22(25-20)23(28)30-14-15-4-5-15/h6,8,13,15-16,25H,2-5,7,9-12,14H2,1H3,(H2,24,27). The summed E-state index contributed by atoms with van der Waals surface area (Å²) >= 11 is 0. The van der Waals surface area contributed by atoms with E-state index in [0.29, 0.717) is 37.3 Å². The van der Waals surface area contributed by atoms with Gasteiger partial charge in [-0.25, -0.2) is 4.79 Å². The van der Waals surface area contributed by atoms with E-state index in [0.717, 1.165) is 48.0 Å². The molecule has 1 aliphatic heterocycles. The van der Waals surface area contributed by atoms with Crippen LogP contribution in [0.15, 0.2) is 18.2 Å². The van der Waals surface area contributed by atoms with Gasteiger partial charge in [0.2, 0.25) is 5.91 Å². The number of carbonyl (C=O) groups is 2. The second kappa shape index (κ2) is 9.08. The molecule has 1 saturated heterocycles. The molecule has 4 rings (SSSR count). The Kier molecular flexibility index (Phi) is 6.27. The van der Waals surface area contributed by atoms with Crippen LogP contribution in [-0.4, -0.2) is 54.6 Å². The summed E-state index contributed by atoms with van der Waals surface area (Å²) in [6.07, 6.45) is 6.26. The Morgan fingerprint density at radius 2 is 2.10 bits per heavy atom. The first kappa shape index (κ1) is 20.7. The number of aromatic amines is 1. The number of aryl methyl sites for hydroxylation is 1. The highest BCUT2D eigenvalue weighted by Gasteiger charge is 2.26. The van der Waals surface area contributed by atoms with Crippen molar-refractivity contribution in [3.63, 3.8) is 0 Å². The van der Waals surface area contributed by atoms with E-state index >= 15 is 0 Å². The molecule has 2 aromatic rings. The number of amides is 1. The number of rotatable bonds is 10. The summed E-state index contributed by atoms with van der Waals surface area (Å²) in [4.78, 5) is 29.6. The van der Waals surface area contributed by atoms with Crippen LogP contribution in [0.5, 0.6) is 5.75 Å². The fraction of sp³-hybridized carbons (Fsp3) is 0.565. The number of aromatic nitrogens is 1. The minimum atomic E-state index is -0.394. The van der Waals surface area contributed by atoms with Crippen molar-refractivity contribution in [3.05, 3.63) is 29.5 Å². The van der Waals surface area contributed by atoms with Crippen molar-refractivity contribution in [3.8, 4) is 5.75 Å². The van der Waals surface area contributed by atoms with Gasteiger partial charge in [-0.05, 0) is 81.8 Å². The number of nitrogens with zero attached hydrogens (tertiary/aromatic N) is 1. The van der Waals surface area contributed by atoms with Crippen LogP contribution in [0.2, 0.25) is 0 Å². The van der Waals surface area contributed by atoms with E-state index in [1.807, 2.05) is 18.2 Å². The molecule has 0 radical (unpaired) electrons. The molecule has 1 unspecified atom stereocenters. The molecule has 1 atom stereocenters. The second-order valence-corrected chi connectivity index (χ2v) is 8.61. The van der Waals surface area contributed by atoms with Gasteiger partial charge < -0.3 is 25.1 Å². The lowest BCUT2D eigenvalue weighted by Crippen LogP contribution is -2.26. The van der Waals surface area contributed by atoms with Crippen molar-refractivity contribution in [1.29, 1.82) is 0 Å². The highest BCUT2D eigenvalue weighted by Crippen LogP contribution is 2.31. The third kappa shape index (κ3) is 4.95. The summed E-state index contributed by atoms with van der Waals surface area (Å²) in [7, 11) is 2.17. The number of likely N-dealkylation sites (tertiary alicyclic amines) is 1. The van der Waals surface area contributed by atoms with Crippen LogP contribution in [0.4, 0.5) is 0 Å². The molecule has 1 aliphatic carbocycles. The first-order valence-electron chi connectivity index (χ1n) is 10.9. The maximum Gasteiger partial charge on any atom is 0.355 e. The van der Waals surface area contributed by atoms with Crippen molar-refractivity contribution in [2.24, 2.45) is 11.7 Å². The average Bonchev–Trinajstić information content (AvgIpc) is 3.36. The summed E-state index contributed by atoms with van der Waals surface area (Å²) in [5.74, 6) is 0.491. The maximum atomic E-state index is 12.6. The number of primary amides is 1. The summed E-state index contributed by atoms with van der Waals surface area (Å²) < 4.78 is 11.5. The van der Waals surface area contributed by atoms with Crippen LogP contribution in [-0.2, 0) is 16.0 Å². The third-order valence-electron chi connectivity index (χ3n) is 6.24. The molecule has 0 bridgehead atoms. The van der Waals surface area contributed by atoms with Gasteiger partial charge in [-0.15, -0.1) is 0 Å². The Labute approximate surface area is 176 Å². The molecule has 162 valence electrons. The molecular formula is C23H31N3O4. The van der Waals surface area contributed by atoms with Gasteiger partial charge in [0, 0.05) is 23.4 Å². The SMILES string of the molecule is CN1CCCC1CCOc1ccc2[nH]c(C(=O)OCC3CC3)c(CCC(N)=O)c2c1. The van der Waals surface area contributed by atoms with Crippen LogP contribution in [0.3, 0.4) is 0 Å². The topological polar surface area (TPSA) is 97.7 Å². The number of ether oxygens (including phenoxy) is 2. The number of fused-ring (bicyclic) bond motifs is 1. The summed E-state index contributed by atoms with van der Waals surface area (Å²) in [6, 6.07) is 6.35. The number of nitrogens with one attached hydrogen (secondary N) is 1. The Bertz CT molecular complexity index is 919. The van der Waals surface area contributed by atoms with Crippen LogP contribution in [0.1, 0.15) is 54.6 Å². The van der Waals surface area contributed by atoms with Crippen LogP contribution in [0.25, 0.3) is 10.9 Å². The lowest BCUT2D eigenvalue weighted by atomic mass is 10.0. The van der Waals surface area contributed by atoms with Gasteiger partial charge in [-0.2, -0.15) is 0 Å². The number of hydrogen-bond donors (Lipinski definition) is 2. The first-order valence-corrected chi connectivity index (χ1v) is 10.9. The second-order valence-electron chi connectivity index (χ2n) is 8.61. The molecule has 1 amide bonds. The minimum absolute atomic E-state index is 0.176. The molecule has 2 aliphatic rings. The number of nitrogens with two attached hydrogens (primary N) is 1. The third-order valence-corrected chi connectivity index (χ3v) is 6.24. The Hall–Kier alpha value is -2.54. The predicted molar refractivity (Wildman–Crippen MR) is 115 cm³/mol. The maximum absolute atomic E-state index is 12.6. The largest absolute Gasteiger partial charge is 0.494 e. The number of esters is 1. The van der Waals surface area contributed by atoms with Gasteiger partial charge in [0.05, 0.1) is 13.2 Å². The first-order chi connectivity index (χ1) is 14.5. The van der Waals surface area contributed by atoms with Crippen molar-refractivity contribution in [2.45, 2.75) is 51.0 Å². The van der Waals surface area contributed by atoms with Gasteiger partial charge in [-0.1, -0.05) is 0 Å². The summed E-state index contributed by atoms with van der Waals surface area (Å²) in [6.45, 7) is 2.26. The van der Waals surface area contributed by atoms with E-state index in [1.165, 1.54) is 12.8 Å². The zero-order valence-electron chi connectivity index (χ0n) is 17.6. The van der Waals surface area contributed by atoms with Crippen molar-refractivity contribution >= 4 is 22.8 Å². The number of H-pyrrole nitrogens is 1. The molecule has 2 fully saturated rings. The number of benzene rings is 1. The van der Waals surface area contributed by atoms with E-state index in [4.69, 9.17) is 15.2 Å². The predicted octanol–water partition coefficient (Wildman–Crippen LogP) is 3.02. The molecule has 1 aromatic heterocycles. The zero-order chi connectivity index (χ0) is 21.1. The smallest absolute Gasteiger partial charge is 0.355 e. The Morgan fingerprint density at radius 1 is 1.27 bits per heavy atom. The molecule has 1 saturated carbocycles. The molecule has 7 nitrogen and oxygen atoms in total. The molecule has 3 N–H and O–H groups in total. The van der Waals surface area contributed by atoms with Crippen molar-refractivity contribution in [1.82, 2.24) is 9.88 Å². The Balaban J connectivity index is 1.50. The van der Waals surface area contributed by atoms with E-state index in [9.17, 15) is 9.59 Å². The van der Waals surface area contributed by atoms with Crippen LogP contribution < -0.4 is 10.5 Å². The monoisotopic (exact) mass is 413 g/mol. The molecular weight excluding hydrogens is 382 g/mol. The lowest BCUT2D eigenvalue weighted by molar-refractivity contribution is -0.117. The van der Waals surface area contributed by atoms with E-state index in [2.05, 4.69) is 16.9 Å².